The maximum absolute atomic E-state index is 14.0. The van der Waals surface area contributed by atoms with Crippen molar-refractivity contribution >= 4 is 29.1 Å². The molecule has 2 atom stereocenters. The molecule has 3 aromatic carbocycles. The Labute approximate surface area is 227 Å². The van der Waals surface area contributed by atoms with Gasteiger partial charge in [0, 0.05) is 30.6 Å². The highest BCUT2D eigenvalue weighted by atomic mass is 16.6. The molecule has 2 aliphatic heterocycles. The largest absolute Gasteiger partial charge is 0.378 e. The monoisotopic (exact) mass is 522 g/mol. The molecule has 39 heavy (non-hydrogen) atoms. The number of carbonyl (C=O) groups excluding carboxylic acids is 1. The van der Waals surface area contributed by atoms with Gasteiger partial charge in [-0.15, -0.1) is 0 Å². The lowest BCUT2D eigenvalue weighted by atomic mass is 9.77. The van der Waals surface area contributed by atoms with Crippen LogP contribution in [0, 0.1) is 16.0 Å². The van der Waals surface area contributed by atoms with Crippen LogP contribution in [-0.4, -0.2) is 47.9 Å². The SMILES string of the molecule is O=C(c1ccc(N2CCOCC2)c([N+](=O)[O-])c1)N1N=C2/C(=C/c3ccccc3)CCC[C@@H]2[C@H]1c1ccccc1. The number of rotatable bonds is 5. The van der Waals surface area contributed by atoms with Crippen LogP contribution in [0.1, 0.15) is 46.8 Å². The smallest absolute Gasteiger partial charge is 0.293 e. The van der Waals surface area contributed by atoms with Crippen LogP contribution in [-0.2, 0) is 4.74 Å². The molecule has 0 unspecified atom stereocenters. The molecular formula is C31H30N4O4. The third-order valence-electron chi connectivity index (χ3n) is 7.76. The summed E-state index contributed by atoms with van der Waals surface area (Å²) in [6.07, 6.45) is 4.99. The molecule has 3 aromatic rings. The molecule has 1 aliphatic carbocycles. The zero-order chi connectivity index (χ0) is 26.8. The Bertz CT molecular complexity index is 1430. The zero-order valence-corrected chi connectivity index (χ0v) is 21.6. The summed E-state index contributed by atoms with van der Waals surface area (Å²) in [5, 5.41) is 18.6. The molecular weight excluding hydrogens is 492 g/mol. The molecule has 1 saturated carbocycles. The van der Waals surface area contributed by atoms with Crippen molar-refractivity contribution < 1.29 is 14.5 Å². The van der Waals surface area contributed by atoms with E-state index >= 15 is 0 Å². The molecule has 198 valence electrons. The molecule has 8 nitrogen and oxygen atoms in total. The van der Waals surface area contributed by atoms with Gasteiger partial charge in [0.05, 0.1) is 29.9 Å². The summed E-state index contributed by atoms with van der Waals surface area (Å²) < 4.78 is 5.41. The maximum Gasteiger partial charge on any atom is 0.293 e. The third-order valence-corrected chi connectivity index (χ3v) is 7.76. The number of hydrogen-bond donors (Lipinski definition) is 0. The van der Waals surface area contributed by atoms with Crippen molar-refractivity contribution in [1.29, 1.82) is 0 Å². The third kappa shape index (κ3) is 4.95. The van der Waals surface area contributed by atoms with Gasteiger partial charge in [0.15, 0.2) is 0 Å². The summed E-state index contributed by atoms with van der Waals surface area (Å²) in [7, 11) is 0. The number of fused-ring (bicyclic) bond motifs is 1. The number of benzene rings is 3. The molecule has 1 saturated heterocycles. The Balaban J connectivity index is 1.39. The first kappa shape index (κ1) is 25.0. The predicted octanol–water partition coefficient (Wildman–Crippen LogP) is 5.87. The van der Waals surface area contributed by atoms with Crippen LogP contribution in [0.5, 0.6) is 0 Å². The molecule has 0 N–H and O–H groups in total. The number of nitro benzene ring substituents is 1. The van der Waals surface area contributed by atoms with Crippen LogP contribution in [0.25, 0.3) is 6.08 Å². The highest BCUT2D eigenvalue weighted by Crippen LogP contribution is 2.45. The van der Waals surface area contributed by atoms with Crippen LogP contribution >= 0.6 is 0 Å². The maximum atomic E-state index is 14.0. The van der Waals surface area contributed by atoms with E-state index in [1.165, 1.54) is 6.07 Å². The lowest BCUT2D eigenvalue weighted by molar-refractivity contribution is -0.384. The number of morpholine rings is 1. The highest BCUT2D eigenvalue weighted by molar-refractivity contribution is 6.09. The number of anilines is 1. The van der Waals surface area contributed by atoms with Gasteiger partial charge < -0.3 is 9.64 Å². The molecule has 0 spiro atoms. The molecule has 3 aliphatic rings. The minimum absolute atomic E-state index is 0.0580. The van der Waals surface area contributed by atoms with Crippen molar-refractivity contribution in [3.05, 3.63) is 111 Å². The Morgan fingerprint density at radius 2 is 1.72 bits per heavy atom. The van der Waals surface area contributed by atoms with Crippen molar-refractivity contribution in [3.8, 4) is 0 Å². The van der Waals surface area contributed by atoms with Gasteiger partial charge in [-0.05, 0) is 54.2 Å². The van der Waals surface area contributed by atoms with Crippen molar-refractivity contribution in [2.45, 2.75) is 25.3 Å². The average molecular weight is 523 g/mol. The molecule has 0 aromatic heterocycles. The van der Waals surface area contributed by atoms with Crippen LogP contribution in [0.15, 0.2) is 89.5 Å². The van der Waals surface area contributed by atoms with Gasteiger partial charge in [0.2, 0.25) is 0 Å². The summed E-state index contributed by atoms with van der Waals surface area (Å²) in [4.78, 5) is 27.6. The van der Waals surface area contributed by atoms with Crippen LogP contribution in [0.2, 0.25) is 0 Å². The fraction of sp³-hybridized carbons (Fsp3) is 0.290. The Morgan fingerprint density at radius 1 is 1.00 bits per heavy atom. The van der Waals surface area contributed by atoms with E-state index in [0.29, 0.717) is 32.0 Å². The molecule has 6 rings (SSSR count). The van der Waals surface area contributed by atoms with Gasteiger partial charge >= 0.3 is 0 Å². The van der Waals surface area contributed by atoms with Crippen molar-refractivity contribution in [3.63, 3.8) is 0 Å². The molecule has 0 radical (unpaired) electrons. The van der Waals surface area contributed by atoms with E-state index in [1.54, 1.807) is 17.1 Å². The second-order valence-electron chi connectivity index (χ2n) is 10.1. The number of allylic oxidation sites excluding steroid dienone is 1. The van der Waals surface area contributed by atoms with Gasteiger partial charge in [-0.3, -0.25) is 14.9 Å². The molecule has 2 heterocycles. The van der Waals surface area contributed by atoms with E-state index in [4.69, 9.17) is 9.84 Å². The molecule has 8 heteroatoms. The summed E-state index contributed by atoms with van der Waals surface area (Å²) in [6, 6.07) is 24.6. The molecule has 2 fully saturated rings. The fourth-order valence-corrected chi connectivity index (χ4v) is 5.91. The highest BCUT2D eigenvalue weighted by Gasteiger charge is 2.44. The lowest BCUT2D eigenvalue weighted by Crippen LogP contribution is -2.36. The van der Waals surface area contributed by atoms with Crippen LogP contribution < -0.4 is 4.90 Å². The number of ether oxygens (including phenoxy) is 1. The Kier molecular flexibility index (Phi) is 6.94. The normalized spacial score (nSPS) is 21.9. The van der Waals surface area contributed by atoms with Crippen molar-refractivity contribution in [1.82, 2.24) is 5.01 Å². The number of amides is 1. The van der Waals surface area contributed by atoms with Crippen molar-refractivity contribution in [2.75, 3.05) is 31.2 Å². The van der Waals surface area contributed by atoms with Crippen LogP contribution in [0.3, 0.4) is 0 Å². The van der Waals surface area contributed by atoms with E-state index in [-0.39, 0.29) is 29.1 Å². The summed E-state index contributed by atoms with van der Waals surface area (Å²) >= 11 is 0. The van der Waals surface area contributed by atoms with Crippen molar-refractivity contribution in [2.24, 2.45) is 11.0 Å². The van der Waals surface area contributed by atoms with Gasteiger partial charge in [0.25, 0.3) is 11.6 Å². The first-order valence-corrected chi connectivity index (χ1v) is 13.4. The second-order valence-corrected chi connectivity index (χ2v) is 10.1. The predicted molar refractivity (Wildman–Crippen MR) is 151 cm³/mol. The van der Waals surface area contributed by atoms with Gasteiger partial charge in [-0.1, -0.05) is 60.7 Å². The number of nitro groups is 1. The molecule has 0 bridgehead atoms. The topological polar surface area (TPSA) is 88.3 Å². The Morgan fingerprint density at radius 3 is 2.44 bits per heavy atom. The first-order chi connectivity index (χ1) is 19.1. The number of nitrogens with zero attached hydrogens (tertiary/aromatic N) is 4. The summed E-state index contributed by atoms with van der Waals surface area (Å²) in [6.45, 7) is 2.18. The lowest BCUT2D eigenvalue weighted by Gasteiger charge is -2.30. The number of hydrazone groups is 1. The standard InChI is InChI=1S/C31H30N4O4/c36-31(25-14-15-27(28(21-25)35(37)38)33-16-18-39-19-17-33)34-30(23-10-5-2-6-11-23)26-13-7-12-24(29(26)32-34)20-22-8-3-1-4-9-22/h1-6,8-11,14-15,20-21,26,30H,7,12-13,16-19H2/b24-20+/t26-,30+/m0/s1. The van der Waals surface area contributed by atoms with E-state index in [1.807, 2.05) is 53.4 Å². The fourth-order valence-electron chi connectivity index (χ4n) is 5.91. The summed E-state index contributed by atoms with van der Waals surface area (Å²) in [5.41, 5.74) is 4.88. The van der Waals surface area contributed by atoms with E-state index < -0.39 is 4.92 Å². The Hall–Kier alpha value is -4.30. The zero-order valence-electron chi connectivity index (χ0n) is 21.6. The minimum atomic E-state index is -0.410. The first-order valence-electron chi connectivity index (χ1n) is 13.4. The van der Waals surface area contributed by atoms with Gasteiger partial charge in [-0.25, -0.2) is 5.01 Å². The van der Waals surface area contributed by atoms with E-state index in [0.717, 1.165) is 41.7 Å². The van der Waals surface area contributed by atoms with Gasteiger partial charge in [-0.2, -0.15) is 5.10 Å². The second kappa shape index (κ2) is 10.8. The summed E-state index contributed by atoms with van der Waals surface area (Å²) in [5.74, 6) is -0.274. The molecule has 1 amide bonds. The number of hydrogen-bond acceptors (Lipinski definition) is 6. The number of carbonyl (C=O) groups is 1. The van der Waals surface area contributed by atoms with Gasteiger partial charge in [0.1, 0.15) is 5.69 Å². The van der Waals surface area contributed by atoms with Crippen LogP contribution in [0.4, 0.5) is 11.4 Å². The quantitative estimate of drug-likeness (QED) is 0.309. The van der Waals surface area contributed by atoms with E-state index in [9.17, 15) is 14.9 Å². The van der Waals surface area contributed by atoms with E-state index in [2.05, 4.69) is 18.2 Å². The minimum Gasteiger partial charge on any atom is -0.378 e. The average Bonchev–Trinajstić information content (AvgIpc) is 3.38.